The second-order valence-electron chi connectivity index (χ2n) is 2.78. The fourth-order valence-corrected chi connectivity index (χ4v) is 1.84. The van der Waals surface area contributed by atoms with Gasteiger partial charge in [-0.15, -0.1) is 11.8 Å². The first kappa shape index (κ1) is 10.9. The molecule has 14 heavy (non-hydrogen) atoms. The number of esters is 1. The highest BCUT2D eigenvalue weighted by atomic mass is 32.2. The zero-order valence-electron chi connectivity index (χ0n) is 8.06. The Bertz CT molecular complexity index is 308. The highest BCUT2D eigenvalue weighted by Gasteiger charge is 2.13. The zero-order chi connectivity index (χ0) is 10.6. The van der Waals surface area contributed by atoms with E-state index in [0.29, 0.717) is 0 Å². The largest absolute Gasteiger partial charge is 0.508 e. The van der Waals surface area contributed by atoms with Crippen molar-refractivity contribution in [3.8, 4) is 5.75 Å². The van der Waals surface area contributed by atoms with E-state index in [1.165, 1.54) is 18.9 Å². The van der Waals surface area contributed by atoms with Crippen LogP contribution in [0, 0.1) is 0 Å². The van der Waals surface area contributed by atoms with Gasteiger partial charge in [0.2, 0.25) is 0 Å². The van der Waals surface area contributed by atoms with E-state index >= 15 is 0 Å². The molecule has 0 aromatic heterocycles. The van der Waals surface area contributed by atoms with Crippen LogP contribution in [0.3, 0.4) is 0 Å². The van der Waals surface area contributed by atoms with Crippen LogP contribution in [-0.2, 0) is 9.53 Å². The predicted molar refractivity (Wildman–Crippen MR) is 55.4 cm³/mol. The summed E-state index contributed by atoms with van der Waals surface area (Å²) in [7, 11) is 1.37. The van der Waals surface area contributed by atoms with Crippen molar-refractivity contribution < 1.29 is 14.6 Å². The number of hydrogen-bond acceptors (Lipinski definition) is 4. The lowest BCUT2D eigenvalue weighted by atomic mass is 10.3. The monoisotopic (exact) mass is 212 g/mol. The lowest BCUT2D eigenvalue weighted by Gasteiger charge is -2.08. The summed E-state index contributed by atoms with van der Waals surface area (Å²) >= 11 is 1.40. The third-order valence-corrected chi connectivity index (χ3v) is 2.77. The highest BCUT2D eigenvalue weighted by Crippen LogP contribution is 2.25. The Kier molecular flexibility index (Phi) is 3.83. The summed E-state index contributed by atoms with van der Waals surface area (Å²) in [5.74, 6) is -0.0249. The number of thioether (sulfide) groups is 1. The maximum Gasteiger partial charge on any atom is 0.318 e. The Morgan fingerprint density at radius 1 is 1.43 bits per heavy atom. The van der Waals surface area contributed by atoms with Gasteiger partial charge in [0.25, 0.3) is 0 Å². The number of methoxy groups -OCH3 is 1. The molecule has 0 aliphatic carbocycles. The molecule has 1 rings (SSSR count). The molecule has 0 radical (unpaired) electrons. The Hall–Kier alpha value is -1.16. The standard InChI is InChI=1S/C10H12O3S/c1-7(10(12)13-2)14-9-5-3-8(11)4-6-9/h3-7,11H,1-2H3. The van der Waals surface area contributed by atoms with Gasteiger partial charge < -0.3 is 9.84 Å². The summed E-state index contributed by atoms with van der Waals surface area (Å²) < 4.78 is 4.60. The highest BCUT2D eigenvalue weighted by molar-refractivity contribution is 8.00. The topological polar surface area (TPSA) is 46.5 Å². The lowest BCUT2D eigenvalue weighted by Crippen LogP contribution is -2.14. The van der Waals surface area contributed by atoms with Crippen molar-refractivity contribution in [2.45, 2.75) is 17.1 Å². The Balaban J connectivity index is 2.60. The first-order valence-corrected chi connectivity index (χ1v) is 5.05. The molecule has 0 spiro atoms. The molecule has 1 atom stereocenters. The van der Waals surface area contributed by atoms with Crippen LogP contribution in [0.5, 0.6) is 5.75 Å². The van der Waals surface area contributed by atoms with Crippen LogP contribution in [0.4, 0.5) is 0 Å². The molecule has 0 saturated heterocycles. The molecule has 0 fully saturated rings. The summed E-state index contributed by atoms with van der Waals surface area (Å²) in [5, 5.41) is 8.81. The number of phenols is 1. The van der Waals surface area contributed by atoms with Gasteiger partial charge in [-0.3, -0.25) is 4.79 Å². The molecule has 1 aromatic carbocycles. The maximum absolute atomic E-state index is 11.1. The number of benzene rings is 1. The van der Waals surface area contributed by atoms with Crippen LogP contribution >= 0.6 is 11.8 Å². The van der Waals surface area contributed by atoms with E-state index in [1.807, 2.05) is 0 Å². The van der Waals surface area contributed by atoms with E-state index in [-0.39, 0.29) is 17.0 Å². The van der Waals surface area contributed by atoms with Crippen LogP contribution in [-0.4, -0.2) is 23.4 Å². The quantitative estimate of drug-likeness (QED) is 0.615. The van der Waals surface area contributed by atoms with Crippen molar-refractivity contribution in [3.63, 3.8) is 0 Å². The van der Waals surface area contributed by atoms with E-state index in [0.717, 1.165) is 4.90 Å². The molecule has 0 amide bonds. The van der Waals surface area contributed by atoms with E-state index in [1.54, 1.807) is 31.2 Å². The van der Waals surface area contributed by atoms with Crippen LogP contribution in [0.15, 0.2) is 29.2 Å². The fraction of sp³-hybridized carbons (Fsp3) is 0.300. The normalized spacial score (nSPS) is 12.1. The molecule has 1 unspecified atom stereocenters. The number of carbonyl (C=O) groups is 1. The Labute approximate surface area is 87.1 Å². The lowest BCUT2D eigenvalue weighted by molar-refractivity contribution is -0.139. The number of ether oxygens (including phenoxy) is 1. The maximum atomic E-state index is 11.1. The molecule has 4 heteroatoms. The third-order valence-electron chi connectivity index (χ3n) is 1.68. The van der Waals surface area contributed by atoms with Crippen molar-refractivity contribution in [1.29, 1.82) is 0 Å². The molecule has 0 aliphatic heterocycles. The average molecular weight is 212 g/mol. The molecule has 0 aliphatic rings. The van der Waals surface area contributed by atoms with Gasteiger partial charge in [0.15, 0.2) is 0 Å². The van der Waals surface area contributed by atoms with Crippen LogP contribution in [0.1, 0.15) is 6.92 Å². The molecule has 76 valence electrons. The van der Waals surface area contributed by atoms with E-state index in [9.17, 15) is 4.79 Å². The van der Waals surface area contributed by atoms with E-state index in [2.05, 4.69) is 4.74 Å². The van der Waals surface area contributed by atoms with Crippen molar-refractivity contribution in [3.05, 3.63) is 24.3 Å². The third kappa shape index (κ3) is 2.96. The molecule has 3 nitrogen and oxygen atoms in total. The van der Waals surface area contributed by atoms with Crippen LogP contribution in [0.2, 0.25) is 0 Å². The summed E-state index contributed by atoms with van der Waals surface area (Å²) in [6.07, 6.45) is 0. The summed E-state index contributed by atoms with van der Waals surface area (Å²) in [6, 6.07) is 6.71. The average Bonchev–Trinajstić information content (AvgIpc) is 2.20. The predicted octanol–water partition coefficient (Wildman–Crippen LogP) is 2.05. The van der Waals surface area contributed by atoms with E-state index < -0.39 is 0 Å². The van der Waals surface area contributed by atoms with Crippen molar-refractivity contribution >= 4 is 17.7 Å². The van der Waals surface area contributed by atoms with Gasteiger partial charge in [0, 0.05) is 4.90 Å². The van der Waals surface area contributed by atoms with Crippen LogP contribution < -0.4 is 0 Å². The first-order chi connectivity index (χ1) is 6.63. The Morgan fingerprint density at radius 3 is 2.50 bits per heavy atom. The molecule has 1 aromatic rings. The molecular formula is C10H12O3S. The number of aromatic hydroxyl groups is 1. The van der Waals surface area contributed by atoms with Gasteiger partial charge >= 0.3 is 5.97 Å². The SMILES string of the molecule is COC(=O)C(C)Sc1ccc(O)cc1. The molecule has 0 saturated carbocycles. The molecular weight excluding hydrogens is 200 g/mol. The summed E-state index contributed by atoms with van der Waals surface area (Å²) in [6.45, 7) is 1.78. The summed E-state index contributed by atoms with van der Waals surface area (Å²) in [4.78, 5) is 12.0. The molecule has 0 bridgehead atoms. The van der Waals surface area contributed by atoms with Crippen molar-refractivity contribution in [1.82, 2.24) is 0 Å². The molecule has 0 heterocycles. The number of carbonyl (C=O) groups excluding carboxylic acids is 1. The summed E-state index contributed by atoms with van der Waals surface area (Å²) in [5.41, 5.74) is 0. The van der Waals surface area contributed by atoms with Gasteiger partial charge in [-0.25, -0.2) is 0 Å². The number of rotatable bonds is 3. The minimum Gasteiger partial charge on any atom is -0.508 e. The van der Waals surface area contributed by atoms with Gasteiger partial charge in [-0.05, 0) is 31.2 Å². The minimum absolute atomic E-state index is 0.222. The number of phenolic OH excluding ortho intramolecular Hbond substituents is 1. The number of hydrogen-bond donors (Lipinski definition) is 1. The molecule has 1 N–H and O–H groups in total. The Morgan fingerprint density at radius 2 is 2.00 bits per heavy atom. The second kappa shape index (κ2) is 4.91. The minimum atomic E-state index is -0.247. The van der Waals surface area contributed by atoms with Crippen LogP contribution in [0.25, 0.3) is 0 Å². The van der Waals surface area contributed by atoms with E-state index in [4.69, 9.17) is 5.11 Å². The first-order valence-electron chi connectivity index (χ1n) is 4.17. The smallest absolute Gasteiger partial charge is 0.318 e. The van der Waals surface area contributed by atoms with Gasteiger partial charge in [-0.2, -0.15) is 0 Å². The van der Waals surface area contributed by atoms with Gasteiger partial charge in [0.1, 0.15) is 11.0 Å². The second-order valence-corrected chi connectivity index (χ2v) is 4.19. The van der Waals surface area contributed by atoms with Gasteiger partial charge in [-0.1, -0.05) is 0 Å². The van der Waals surface area contributed by atoms with Crippen molar-refractivity contribution in [2.24, 2.45) is 0 Å². The fourth-order valence-electron chi connectivity index (χ4n) is 0.943. The van der Waals surface area contributed by atoms with Crippen molar-refractivity contribution in [2.75, 3.05) is 7.11 Å². The zero-order valence-corrected chi connectivity index (χ0v) is 8.88. The van der Waals surface area contributed by atoms with Gasteiger partial charge in [0.05, 0.1) is 7.11 Å².